The van der Waals surface area contributed by atoms with E-state index in [2.05, 4.69) is 13.0 Å². The van der Waals surface area contributed by atoms with Gasteiger partial charge in [-0.3, -0.25) is 4.79 Å². The Balaban J connectivity index is 0.893. The second-order valence-electron chi connectivity index (χ2n) is 25.6. The largest absolute Gasteiger partial charge is 0.458 e. The Labute approximate surface area is 482 Å². The monoisotopic (exact) mass is 1150 g/mol. The highest BCUT2D eigenvalue weighted by Crippen LogP contribution is 2.68. The van der Waals surface area contributed by atoms with Crippen molar-refractivity contribution in [2.24, 2.45) is 28.6 Å². The van der Waals surface area contributed by atoms with Gasteiger partial charge in [-0.15, -0.1) is 0 Å². The van der Waals surface area contributed by atoms with E-state index in [-0.39, 0.29) is 68.0 Å². The van der Waals surface area contributed by atoms with Crippen LogP contribution in [0.2, 0.25) is 0 Å². The third kappa shape index (κ3) is 14.2. The fraction of sp³-hybridized carbons (Fsp3) is 0.902. The van der Waals surface area contributed by atoms with Crippen molar-refractivity contribution in [1.29, 1.82) is 0 Å². The van der Waals surface area contributed by atoms with E-state index in [9.17, 15) is 19.8 Å². The van der Waals surface area contributed by atoms with E-state index in [1.807, 2.05) is 55.4 Å². The van der Waals surface area contributed by atoms with Crippen LogP contribution in [0.4, 0.5) is 0 Å². The fourth-order valence-electron chi connectivity index (χ4n) is 14.6. The van der Waals surface area contributed by atoms with Crippen LogP contribution in [0.25, 0.3) is 0 Å². The summed E-state index contributed by atoms with van der Waals surface area (Å²) in [7, 11) is 8.07. The molecule has 22 atom stereocenters. The van der Waals surface area contributed by atoms with Crippen molar-refractivity contribution < 1.29 is 95.6 Å². The lowest BCUT2D eigenvalue weighted by Crippen LogP contribution is -2.66. The van der Waals surface area contributed by atoms with Gasteiger partial charge >= 0.3 is 5.97 Å². The number of carbonyl (C=O) groups excluding carboxylic acids is 2. The molecule has 3 saturated heterocycles. The summed E-state index contributed by atoms with van der Waals surface area (Å²) < 4.78 is 99.4. The van der Waals surface area contributed by atoms with Gasteiger partial charge in [0.15, 0.2) is 18.9 Å². The number of hydrogen-bond donors (Lipinski definition) is 2. The Bertz CT molecular complexity index is 2120. The van der Waals surface area contributed by atoms with Crippen LogP contribution in [-0.4, -0.2) is 199 Å². The van der Waals surface area contributed by atoms with E-state index < -0.39 is 114 Å². The maximum Gasteiger partial charge on any atom is 0.333 e. The minimum atomic E-state index is -1.16. The number of esters is 1. The van der Waals surface area contributed by atoms with Crippen molar-refractivity contribution in [1.82, 2.24) is 0 Å². The predicted molar refractivity (Wildman–Crippen MR) is 295 cm³/mol. The Morgan fingerprint density at radius 1 is 0.741 bits per heavy atom. The maximum atomic E-state index is 13.4. The Hall–Kier alpha value is -2.06. The maximum absolute atomic E-state index is 13.4. The van der Waals surface area contributed by atoms with Gasteiger partial charge in [0.05, 0.1) is 72.7 Å². The SMILES string of the molecule is C/C=C(\C)C(=O)O[C@@H]1CC2C(CC=C3C[C@@H](OCOC(C)(C)C(COC)OCOC(C)(C)C(COC)OC4CC(OC)C(OC5CC(OC)C(OC6CC(OC)C(O)C(C)O6)C(C)O5)C(C)O4)CCC32C)[C@@]2(O)CCC(C(C)=O)[C@@]12C. The molecular formula is C61H102O20. The summed E-state index contributed by atoms with van der Waals surface area (Å²) in [6.07, 6.45) is 1.87. The van der Waals surface area contributed by atoms with Crippen LogP contribution in [0.3, 0.4) is 0 Å². The molecule has 81 heavy (non-hydrogen) atoms. The van der Waals surface area contributed by atoms with Gasteiger partial charge < -0.3 is 86.0 Å². The number of fused-ring (bicyclic) bond motifs is 5. The highest BCUT2D eigenvalue weighted by molar-refractivity contribution is 5.88. The van der Waals surface area contributed by atoms with Crippen LogP contribution in [0.1, 0.15) is 147 Å². The Morgan fingerprint density at radius 3 is 1.89 bits per heavy atom. The number of carbonyl (C=O) groups is 2. The number of aliphatic hydroxyl groups is 2. The molecule has 0 aromatic rings. The van der Waals surface area contributed by atoms with E-state index in [1.54, 1.807) is 62.4 Å². The Morgan fingerprint density at radius 2 is 1.30 bits per heavy atom. The zero-order valence-electron chi connectivity index (χ0n) is 51.8. The number of ketones is 1. The van der Waals surface area contributed by atoms with Crippen molar-refractivity contribution in [2.75, 3.05) is 62.3 Å². The van der Waals surface area contributed by atoms with Gasteiger partial charge in [0.1, 0.15) is 56.0 Å². The van der Waals surface area contributed by atoms with Crippen LogP contribution >= 0.6 is 0 Å². The predicted octanol–water partition coefficient (Wildman–Crippen LogP) is 7.29. The molecule has 0 aromatic heterocycles. The van der Waals surface area contributed by atoms with Crippen molar-refractivity contribution in [3.8, 4) is 0 Å². The standard InChI is InChI=1S/C61H102O20/c1-18-34(2)56(64)79-47-26-43-42(61(65)24-22-41(35(3)62)60(47,61)12)20-19-39-25-40(21-23-59(39,43)11)71-32-73-57(7,8)48(30-66-13)72-33-74-58(9,10)49(31-67-14)78-50-28-45(69-16)54(37(5)76-50)81-52-29-46(70-17)55(38(6)77-52)80-51-27-44(68-15)53(63)36(4)75-51/h18-19,36-38,40-55,63,65H,20-33H2,1-17H3/b34-18+/t36?,37?,38?,40-,41?,42?,43?,44?,45?,46?,47+,48?,49?,50?,51?,52?,53?,54?,55?,59?,60-,61-/m0/s1. The first-order chi connectivity index (χ1) is 38.2. The molecular weight excluding hydrogens is 1050 g/mol. The lowest BCUT2D eigenvalue weighted by Gasteiger charge is -2.63. The summed E-state index contributed by atoms with van der Waals surface area (Å²) >= 11 is 0. The smallest absolute Gasteiger partial charge is 0.333 e. The van der Waals surface area contributed by atoms with E-state index >= 15 is 0 Å². The van der Waals surface area contributed by atoms with Crippen molar-refractivity contribution in [3.63, 3.8) is 0 Å². The fourth-order valence-corrected chi connectivity index (χ4v) is 14.6. The van der Waals surface area contributed by atoms with Crippen molar-refractivity contribution in [2.45, 2.75) is 262 Å². The number of methoxy groups -OCH3 is 5. The molecule has 3 heterocycles. The average molecular weight is 1160 g/mol. The first-order valence-corrected chi connectivity index (χ1v) is 29.7. The molecule has 3 aliphatic heterocycles. The molecule has 0 spiro atoms. The van der Waals surface area contributed by atoms with Crippen molar-refractivity contribution >= 4 is 11.8 Å². The minimum Gasteiger partial charge on any atom is -0.458 e. The Kier molecular flexibility index (Phi) is 22.8. The summed E-state index contributed by atoms with van der Waals surface area (Å²) in [6, 6.07) is 0. The quantitative estimate of drug-likeness (QED) is 0.0375. The summed E-state index contributed by atoms with van der Waals surface area (Å²) in [6.45, 7) is 23.1. The van der Waals surface area contributed by atoms with Crippen LogP contribution in [-0.2, 0) is 85.4 Å². The number of rotatable bonds is 26. The minimum absolute atomic E-state index is 0.0308. The third-order valence-corrected chi connectivity index (χ3v) is 20.2. The molecule has 7 aliphatic rings. The molecule has 3 saturated carbocycles. The summed E-state index contributed by atoms with van der Waals surface area (Å²) in [4.78, 5) is 26.5. The molecule has 6 fully saturated rings. The second kappa shape index (κ2) is 27.8. The molecule has 18 unspecified atom stereocenters. The summed E-state index contributed by atoms with van der Waals surface area (Å²) in [5.41, 5.74) is -2.24. The highest BCUT2D eigenvalue weighted by Gasteiger charge is 2.71. The lowest BCUT2D eigenvalue weighted by atomic mass is 9.45. The summed E-state index contributed by atoms with van der Waals surface area (Å²) in [5.74, 6) is -0.756. The molecule has 0 radical (unpaired) electrons. The third-order valence-electron chi connectivity index (χ3n) is 20.2. The second-order valence-corrected chi connectivity index (χ2v) is 25.6. The first kappa shape index (κ1) is 66.5. The molecule has 0 amide bonds. The normalized spacial score (nSPS) is 41.1. The molecule has 0 bridgehead atoms. The molecule has 0 aromatic carbocycles. The number of allylic oxidation sites excluding steroid dienone is 2. The summed E-state index contributed by atoms with van der Waals surface area (Å²) in [5, 5.41) is 23.3. The van der Waals surface area contributed by atoms with Crippen LogP contribution in [0, 0.1) is 28.6 Å². The molecule has 20 heteroatoms. The van der Waals surface area contributed by atoms with Crippen LogP contribution in [0.15, 0.2) is 23.3 Å². The number of Topliss-reactive ketones (excluding diaryl/α,β-unsaturated/α-hetero) is 1. The average Bonchev–Trinajstić information content (AvgIpc) is 3.17. The van der Waals surface area contributed by atoms with Gasteiger partial charge in [-0.2, -0.15) is 0 Å². The number of hydrogen-bond acceptors (Lipinski definition) is 20. The van der Waals surface area contributed by atoms with Gasteiger partial charge in [-0.05, 0) is 131 Å². The molecule has 4 aliphatic carbocycles. The number of ether oxygens (including phenoxy) is 16. The highest BCUT2D eigenvalue weighted by atomic mass is 16.8. The van der Waals surface area contributed by atoms with Crippen molar-refractivity contribution in [3.05, 3.63) is 23.3 Å². The van der Waals surface area contributed by atoms with Gasteiger partial charge in [0, 0.05) is 71.7 Å². The molecule has 466 valence electrons. The van der Waals surface area contributed by atoms with Gasteiger partial charge in [0.25, 0.3) is 0 Å². The lowest BCUT2D eigenvalue weighted by molar-refractivity contribution is -0.342. The molecule has 2 N–H and O–H groups in total. The number of aliphatic hydroxyl groups excluding tert-OH is 1. The molecule has 20 nitrogen and oxygen atoms in total. The van der Waals surface area contributed by atoms with Crippen LogP contribution < -0.4 is 0 Å². The molecule has 7 rings (SSSR count). The zero-order valence-corrected chi connectivity index (χ0v) is 51.8. The topological polar surface area (TPSA) is 222 Å². The van der Waals surface area contributed by atoms with Gasteiger partial charge in [-0.25, -0.2) is 4.79 Å². The van der Waals surface area contributed by atoms with Crippen LogP contribution in [0.5, 0.6) is 0 Å². The van der Waals surface area contributed by atoms with E-state index in [0.717, 1.165) is 19.3 Å². The van der Waals surface area contributed by atoms with E-state index in [4.69, 9.17) is 75.8 Å². The van der Waals surface area contributed by atoms with E-state index in [0.29, 0.717) is 50.5 Å². The van der Waals surface area contributed by atoms with Gasteiger partial charge in [-0.1, -0.05) is 31.6 Å². The van der Waals surface area contributed by atoms with Gasteiger partial charge in [0.2, 0.25) is 0 Å². The van der Waals surface area contributed by atoms with E-state index in [1.165, 1.54) is 5.57 Å². The first-order valence-electron chi connectivity index (χ1n) is 29.7. The zero-order chi connectivity index (χ0) is 59.4.